The molecule has 0 aliphatic carbocycles. The van der Waals surface area contributed by atoms with Crippen molar-refractivity contribution in [3.05, 3.63) is 77.1 Å². The van der Waals surface area contributed by atoms with Crippen LogP contribution in [-0.4, -0.2) is 26.3 Å². The van der Waals surface area contributed by atoms with Gasteiger partial charge in [-0.3, -0.25) is 4.79 Å². The molecule has 3 aromatic rings. The summed E-state index contributed by atoms with van der Waals surface area (Å²) in [4.78, 5) is 12.4. The van der Waals surface area contributed by atoms with Crippen molar-refractivity contribution < 1.29 is 4.79 Å². The Morgan fingerprint density at radius 2 is 1.72 bits per heavy atom. The number of carbonyl (C=O) groups is 1. The highest BCUT2D eigenvalue weighted by atomic mass is 32.2. The molecule has 0 aliphatic heterocycles. The Bertz CT molecular complexity index is 841. The molecule has 0 spiro atoms. The van der Waals surface area contributed by atoms with Gasteiger partial charge in [0, 0.05) is 5.56 Å². The lowest BCUT2D eigenvalue weighted by atomic mass is 10.1. The zero-order valence-corrected chi connectivity index (χ0v) is 15.3. The standard InChI is InChI=1S/C20H21N3OS/c1-3-16-9-11-18(12-10-16)19(24)14-25-20-22-21-15(2)23(20)13-17-7-5-4-6-8-17/h4-12H,3,13-14H2,1-2H3. The number of hydrogen-bond acceptors (Lipinski definition) is 4. The van der Waals surface area contributed by atoms with E-state index in [4.69, 9.17) is 0 Å². The quantitative estimate of drug-likeness (QED) is 0.473. The van der Waals surface area contributed by atoms with Crippen LogP contribution >= 0.6 is 11.8 Å². The molecule has 0 saturated heterocycles. The third-order valence-electron chi connectivity index (χ3n) is 4.10. The molecule has 0 atom stereocenters. The number of aryl methyl sites for hydroxylation is 2. The van der Waals surface area contributed by atoms with Crippen LogP contribution in [0.3, 0.4) is 0 Å². The summed E-state index contributed by atoms with van der Waals surface area (Å²) in [6, 6.07) is 18.0. The number of thioether (sulfide) groups is 1. The van der Waals surface area contributed by atoms with Gasteiger partial charge in [-0.15, -0.1) is 10.2 Å². The normalized spacial score (nSPS) is 10.8. The van der Waals surface area contributed by atoms with Gasteiger partial charge in [-0.1, -0.05) is 73.3 Å². The molecule has 0 N–H and O–H groups in total. The Kier molecular flexibility index (Phi) is 5.66. The average Bonchev–Trinajstić information content (AvgIpc) is 3.00. The highest BCUT2D eigenvalue weighted by Crippen LogP contribution is 2.20. The van der Waals surface area contributed by atoms with Gasteiger partial charge in [-0.05, 0) is 24.5 Å². The zero-order chi connectivity index (χ0) is 17.6. The lowest BCUT2D eigenvalue weighted by molar-refractivity contribution is 0.102. The van der Waals surface area contributed by atoms with Gasteiger partial charge >= 0.3 is 0 Å². The first-order chi connectivity index (χ1) is 12.2. The lowest BCUT2D eigenvalue weighted by Gasteiger charge is -2.08. The fourth-order valence-corrected chi connectivity index (χ4v) is 3.43. The van der Waals surface area contributed by atoms with Gasteiger partial charge in [0.25, 0.3) is 0 Å². The maximum absolute atomic E-state index is 12.4. The number of hydrogen-bond donors (Lipinski definition) is 0. The number of nitrogens with zero attached hydrogens (tertiary/aromatic N) is 3. The minimum atomic E-state index is 0.111. The van der Waals surface area contributed by atoms with Crippen molar-refractivity contribution in [2.45, 2.75) is 32.0 Å². The minimum absolute atomic E-state index is 0.111. The number of ketones is 1. The summed E-state index contributed by atoms with van der Waals surface area (Å²) in [6.07, 6.45) is 0.977. The molecule has 0 fully saturated rings. The molecule has 5 heteroatoms. The summed E-state index contributed by atoms with van der Waals surface area (Å²) in [5.74, 6) is 1.32. The average molecular weight is 351 g/mol. The van der Waals surface area contributed by atoms with Crippen LogP contribution in [0, 0.1) is 6.92 Å². The number of carbonyl (C=O) groups excluding carboxylic acids is 1. The van der Waals surface area contributed by atoms with Crippen molar-refractivity contribution in [2.24, 2.45) is 0 Å². The second-order valence-electron chi connectivity index (χ2n) is 5.86. The summed E-state index contributed by atoms with van der Waals surface area (Å²) < 4.78 is 2.05. The molecule has 1 aromatic heterocycles. The second kappa shape index (κ2) is 8.12. The van der Waals surface area contributed by atoms with Crippen LogP contribution in [0.4, 0.5) is 0 Å². The summed E-state index contributed by atoms with van der Waals surface area (Å²) in [7, 11) is 0. The number of aromatic nitrogens is 3. The predicted molar refractivity (Wildman–Crippen MR) is 101 cm³/mol. The molecule has 0 unspecified atom stereocenters. The van der Waals surface area contributed by atoms with E-state index in [2.05, 4.69) is 29.3 Å². The van der Waals surface area contributed by atoms with E-state index in [1.807, 2.05) is 54.0 Å². The Labute approximate surface area is 152 Å². The summed E-state index contributed by atoms with van der Waals surface area (Å²) >= 11 is 1.44. The van der Waals surface area contributed by atoms with Gasteiger partial charge in [0.15, 0.2) is 10.9 Å². The first-order valence-corrected chi connectivity index (χ1v) is 9.34. The third-order valence-corrected chi connectivity index (χ3v) is 5.07. The Hall–Kier alpha value is -2.40. The van der Waals surface area contributed by atoms with E-state index in [-0.39, 0.29) is 5.78 Å². The van der Waals surface area contributed by atoms with Crippen molar-refractivity contribution in [1.82, 2.24) is 14.8 Å². The van der Waals surface area contributed by atoms with Crippen LogP contribution in [-0.2, 0) is 13.0 Å². The Morgan fingerprint density at radius 1 is 1.00 bits per heavy atom. The van der Waals surface area contributed by atoms with Gasteiger partial charge < -0.3 is 4.57 Å². The molecule has 0 bridgehead atoms. The Morgan fingerprint density at radius 3 is 2.40 bits per heavy atom. The van der Waals surface area contributed by atoms with Gasteiger partial charge in [-0.2, -0.15) is 0 Å². The molecule has 128 valence electrons. The topological polar surface area (TPSA) is 47.8 Å². The number of Topliss-reactive ketones (excluding diaryl/α,β-unsaturated/α-hetero) is 1. The number of benzene rings is 2. The van der Waals surface area contributed by atoms with E-state index < -0.39 is 0 Å². The van der Waals surface area contributed by atoms with Gasteiger partial charge in [0.05, 0.1) is 12.3 Å². The zero-order valence-electron chi connectivity index (χ0n) is 14.5. The smallest absolute Gasteiger partial charge is 0.191 e. The molecule has 1 heterocycles. The van der Waals surface area contributed by atoms with Crippen molar-refractivity contribution in [3.8, 4) is 0 Å². The summed E-state index contributed by atoms with van der Waals surface area (Å²) in [5.41, 5.74) is 3.17. The van der Waals surface area contributed by atoms with Crippen molar-refractivity contribution >= 4 is 17.5 Å². The van der Waals surface area contributed by atoms with E-state index >= 15 is 0 Å². The molecule has 2 aromatic carbocycles. The van der Waals surface area contributed by atoms with Crippen LogP contribution < -0.4 is 0 Å². The van der Waals surface area contributed by atoms with E-state index in [1.54, 1.807) is 0 Å². The molecule has 3 rings (SSSR count). The first-order valence-electron chi connectivity index (χ1n) is 8.36. The molecule has 25 heavy (non-hydrogen) atoms. The fourth-order valence-electron chi connectivity index (χ4n) is 2.56. The molecular formula is C20H21N3OS. The highest BCUT2D eigenvalue weighted by molar-refractivity contribution is 7.99. The molecule has 4 nitrogen and oxygen atoms in total. The van der Waals surface area contributed by atoms with Crippen LogP contribution in [0.5, 0.6) is 0 Å². The van der Waals surface area contributed by atoms with Crippen molar-refractivity contribution in [3.63, 3.8) is 0 Å². The van der Waals surface area contributed by atoms with Gasteiger partial charge in [0.2, 0.25) is 0 Å². The van der Waals surface area contributed by atoms with Crippen LogP contribution in [0.2, 0.25) is 0 Å². The summed E-state index contributed by atoms with van der Waals surface area (Å²) in [5, 5.41) is 9.17. The second-order valence-corrected chi connectivity index (χ2v) is 6.81. The fraction of sp³-hybridized carbons (Fsp3) is 0.250. The molecule has 0 amide bonds. The third kappa shape index (κ3) is 4.37. The van der Waals surface area contributed by atoms with Crippen LogP contribution in [0.25, 0.3) is 0 Å². The molecular weight excluding hydrogens is 330 g/mol. The maximum Gasteiger partial charge on any atom is 0.191 e. The van der Waals surface area contributed by atoms with Gasteiger partial charge in [-0.25, -0.2) is 0 Å². The van der Waals surface area contributed by atoms with E-state index in [0.29, 0.717) is 12.3 Å². The first kappa shape index (κ1) is 17.4. The van der Waals surface area contributed by atoms with Crippen molar-refractivity contribution in [1.29, 1.82) is 0 Å². The Balaban J connectivity index is 1.67. The minimum Gasteiger partial charge on any atom is -0.302 e. The van der Waals surface area contributed by atoms with Crippen LogP contribution in [0.1, 0.15) is 34.2 Å². The van der Waals surface area contributed by atoms with E-state index in [0.717, 1.165) is 23.0 Å². The SMILES string of the molecule is CCc1ccc(C(=O)CSc2nnc(C)n2Cc2ccccc2)cc1. The predicted octanol–water partition coefficient (Wildman–Crippen LogP) is 4.17. The molecule has 0 saturated carbocycles. The largest absolute Gasteiger partial charge is 0.302 e. The van der Waals surface area contributed by atoms with Crippen molar-refractivity contribution in [2.75, 3.05) is 5.75 Å². The van der Waals surface area contributed by atoms with Crippen LogP contribution in [0.15, 0.2) is 59.8 Å². The highest BCUT2D eigenvalue weighted by Gasteiger charge is 2.13. The van der Waals surface area contributed by atoms with Gasteiger partial charge in [0.1, 0.15) is 5.82 Å². The maximum atomic E-state index is 12.4. The van der Waals surface area contributed by atoms with E-state index in [1.165, 1.54) is 22.9 Å². The number of rotatable bonds is 7. The monoisotopic (exact) mass is 351 g/mol. The molecule has 0 radical (unpaired) electrons. The summed E-state index contributed by atoms with van der Waals surface area (Å²) in [6.45, 7) is 4.75. The lowest BCUT2D eigenvalue weighted by Crippen LogP contribution is -2.07. The molecule has 0 aliphatic rings. The van der Waals surface area contributed by atoms with E-state index in [9.17, 15) is 4.79 Å².